The average molecular weight is 328 g/mol. The molecule has 3 fully saturated rings. The first-order chi connectivity index (χ1) is 10.4. The van der Waals surface area contributed by atoms with Crippen molar-refractivity contribution < 1.29 is 13.2 Å². The molecular weight excluding hydrogens is 300 g/mol. The molecule has 0 radical (unpaired) electrons. The molecule has 126 valence electrons. The van der Waals surface area contributed by atoms with Gasteiger partial charge in [-0.25, -0.2) is 8.42 Å². The number of amides is 1. The largest absolute Gasteiger partial charge is 0.336 e. The Morgan fingerprint density at radius 1 is 1.05 bits per heavy atom. The summed E-state index contributed by atoms with van der Waals surface area (Å²) in [5, 5.41) is 0. The monoisotopic (exact) mass is 328 g/mol. The third-order valence-corrected chi connectivity index (χ3v) is 7.22. The Labute approximate surface area is 134 Å². The molecule has 0 aromatic rings. The third-order valence-electron chi connectivity index (χ3n) is 5.50. The minimum Gasteiger partial charge on any atom is -0.336 e. The molecule has 0 aromatic heterocycles. The molecule has 0 bridgehead atoms. The smallest absolute Gasteiger partial charge is 0.237 e. The number of nitrogens with zero attached hydrogens (tertiary/aromatic N) is 2. The van der Waals surface area contributed by atoms with Crippen LogP contribution in [0.15, 0.2) is 0 Å². The van der Waals surface area contributed by atoms with Gasteiger partial charge in [-0.1, -0.05) is 0 Å². The van der Waals surface area contributed by atoms with E-state index in [-0.39, 0.29) is 23.5 Å². The van der Waals surface area contributed by atoms with Gasteiger partial charge in [0.1, 0.15) is 9.84 Å². The maximum atomic E-state index is 12.7. The molecule has 1 atom stereocenters. The predicted molar refractivity (Wildman–Crippen MR) is 86.4 cm³/mol. The van der Waals surface area contributed by atoms with Crippen LogP contribution in [0.5, 0.6) is 0 Å². The lowest BCUT2D eigenvalue weighted by Crippen LogP contribution is -2.49. The van der Waals surface area contributed by atoms with Crippen molar-refractivity contribution in [2.45, 2.75) is 63.6 Å². The van der Waals surface area contributed by atoms with Gasteiger partial charge in [-0.15, -0.1) is 0 Å². The van der Waals surface area contributed by atoms with Crippen LogP contribution in [0, 0.1) is 5.92 Å². The van der Waals surface area contributed by atoms with Gasteiger partial charge in [0.25, 0.3) is 0 Å². The molecule has 6 heteroatoms. The minimum atomic E-state index is -2.84. The van der Waals surface area contributed by atoms with Crippen molar-refractivity contribution in [2.75, 3.05) is 25.1 Å². The van der Waals surface area contributed by atoms with E-state index in [9.17, 15) is 13.2 Å². The van der Waals surface area contributed by atoms with Crippen LogP contribution in [0.25, 0.3) is 0 Å². The standard InChI is InChI=1S/C16H28N2O3S/c1-12(13-3-4-13)18(15-5-6-15)16(19)11-17(2)14-7-9-22(20,21)10-8-14/h12-15H,3-11H2,1-2H3/t12-/m1/s1. The summed E-state index contributed by atoms with van der Waals surface area (Å²) in [5.74, 6) is 1.47. The Balaban J connectivity index is 1.55. The number of carbonyl (C=O) groups is 1. The summed E-state index contributed by atoms with van der Waals surface area (Å²) in [6.07, 6.45) is 6.13. The number of hydrogen-bond donors (Lipinski definition) is 0. The van der Waals surface area contributed by atoms with Gasteiger partial charge in [0, 0.05) is 18.1 Å². The fourth-order valence-corrected chi connectivity index (χ4v) is 5.13. The summed E-state index contributed by atoms with van der Waals surface area (Å²) in [6.45, 7) is 2.62. The first-order valence-electron chi connectivity index (χ1n) is 8.59. The summed E-state index contributed by atoms with van der Waals surface area (Å²) in [5.41, 5.74) is 0. The average Bonchev–Trinajstić information content (AvgIpc) is 3.31. The summed E-state index contributed by atoms with van der Waals surface area (Å²) in [7, 11) is -0.870. The zero-order valence-electron chi connectivity index (χ0n) is 13.7. The molecule has 1 saturated heterocycles. The third kappa shape index (κ3) is 3.82. The SMILES string of the molecule is C[C@H](C1CC1)N(C(=O)CN(C)C1CCS(=O)(=O)CC1)C1CC1. The van der Waals surface area contributed by atoms with Gasteiger partial charge in [-0.3, -0.25) is 9.69 Å². The lowest BCUT2D eigenvalue weighted by Gasteiger charge is -2.35. The molecule has 3 aliphatic rings. The second-order valence-electron chi connectivity index (χ2n) is 7.41. The molecule has 2 saturated carbocycles. The van der Waals surface area contributed by atoms with Gasteiger partial charge >= 0.3 is 0 Å². The van der Waals surface area contributed by atoms with Gasteiger partial charge < -0.3 is 4.90 Å². The van der Waals surface area contributed by atoms with Crippen LogP contribution in [0.4, 0.5) is 0 Å². The highest BCUT2D eigenvalue weighted by atomic mass is 32.2. The zero-order chi connectivity index (χ0) is 15.9. The first kappa shape index (κ1) is 16.2. The lowest BCUT2D eigenvalue weighted by molar-refractivity contribution is -0.135. The van der Waals surface area contributed by atoms with Crippen molar-refractivity contribution in [3.63, 3.8) is 0 Å². The molecule has 22 heavy (non-hydrogen) atoms. The van der Waals surface area contributed by atoms with Gasteiger partial charge in [-0.2, -0.15) is 0 Å². The molecule has 3 rings (SSSR count). The summed E-state index contributed by atoms with van der Waals surface area (Å²) in [4.78, 5) is 17.0. The Morgan fingerprint density at radius 3 is 2.14 bits per heavy atom. The molecular formula is C16H28N2O3S. The van der Waals surface area contributed by atoms with Crippen molar-refractivity contribution in [3.8, 4) is 0 Å². The van der Waals surface area contributed by atoms with Crippen LogP contribution in [-0.2, 0) is 14.6 Å². The first-order valence-corrected chi connectivity index (χ1v) is 10.4. The predicted octanol–water partition coefficient (Wildman–Crippen LogP) is 1.28. The summed E-state index contributed by atoms with van der Waals surface area (Å²) >= 11 is 0. The van der Waals surface area contributed by atoms with E-state index < -0.39 is 9.84 Å². The van der Waals surface area contributed by atoms with Crippen molar-refractivity contribution in [1.29, 1.82) is 0 Å². The van der Waals surface area contributed by atoms with Gasteiger partial charge in [0.15, 0.2) is 0 Å². The Kier molecular flexibility index (Phi) is 4.52. The van der Waals surface area contributed by atoms with Crippen LogP contribution in [-0.4, -0.2) is 67.3 Å². The van der Waals surface area contributed by atoms with Crippen LogP contribution in [0.2, 0.25) is 0 Å². The van der Waals surface area contributed by atoms with E-state index in [4.69, 9.17) is 0 Å². The van der Waals surface area contributed by atoms with Crippen LogP contribution in [0.3, 0.4) is 0 Å². The quantitative estimate of drug-likeness (QED) is 0.737. The molecule has 1 heterocycles. The highest BCUT2D eigenvalue weighted by Crippen LogP contribution is 2.39. The molecule has 5 nitrogen and oxygen atoms in total. The fourth-order valence-electron chi connectivity index (χ4n) is 3.66. The number of sulfone groups is 1. The molecule has 2 aliphatic carbocycles. The number of rotatable bonds is 6. The Bertz CT molecular complexity index is 512. The van der Waals surface area contributed by atoms with E-state index in [2.05, 4.69) is 16.7 Å². The molecule has 0 aromatic carbocycles. The maximum absolute atomic E-state index is 12.7. The molecule has 0 unspecified atom stereocenters. The number of hydrogen-bond acceptors (Lipinski definition) is 4. The molecule has 1 amide bonds. The lowest BCUT2D eigenvalue weighted by atomic mass is 10.1. The fraction of sp³-hybridized carbons (Fsp3) is 0.938. The maximum Gasteiger partial charge on any atom is 0.237 e. The van der Waals surface area contributed by atoms with Gasteiger partial charge in [-0.05, 0) is 58.4 Å². The minimum absolute atomic E-state index is 0.227. The van der Waals surface area contributed by atoms with E-state index in [0.29, 0.717) is 37.4 Å². The molecule has 0 spiro atoms. The zero-order valence-corrected chi connectivity index (χ0v) is 14.5. The van der Waals surface area contributed by atoms with Gasteiger partial charge in [0.05, 0.1) is 18.1 Å². The number of likely N-dealkylation sites (N-methyl/N-ethyl adjacent to an activating group) is 1. The second-order valence-corrected chi connectivity index (χ2v) is 9.71. The van der Waals surface area contributed by atoms with Crippen molar-refractivity contribution in [1.82, 2.24) is 9.80 Å². The van der Waals surface area contributed by atoms with E-state index in [1.54, 1.807) is 0 Å². The molecule has 1 aliphatic heterocycles. The van der Waals surface area contributed by atoms with Crippen molar-refractivity contribution in [2.24, 2.45) is 5.92 Å². The topological polar surface area (TPSA) is 57.7 Å². The summed E-state index contributed by atoms with van der Waals surface area (Å²) in [6, 6.07) is 1.06. The highest BCUT2D eigenvalue weighted by molar-refractivity contribution is 7.91. The van der Waals surface area contributed by atoms with E-state index in [1.807, 2.05) is 7.05 Å². The summed E-state index contributed by atoms with van der Waals surface area (Å²) < 4.78 is 23.0. The van der Waals surface area contributed by atoms with E-state index in [1.165, 1.54) is 12.8 Å². The molecule has 0 N–H and O–H groups in total. The van der Waals surface area contributed by atoms with Crippen molar-refractivity contribution in [3.05, 3.63) is 0 Å². The second kappa shape index (κ2) is 6.11. The van der Waals surface area contributed by atoms with Gasteiger partial charge in [0.2, 0.25) is 5.91 Å². The van der Waals surface area contributed by atoms with Crippen LogP contribution < -0.4 is 0 Å². The van der Waals surface area contributed by atoms with E-state index in [0.717, 1.165) is 12.8 Å². The number of carbonyl (C=O) groups excluding carboxylic acids is 1. The van der Waals surface area contributed by atoms with Crippen LogP contribution in [0.1, 0.15) is 45.4 Å². The highest BCUT2D eigenvalue weighted by Gasteiger charge is 2.42. The van der Waals surface area contributed by atoms with E-state index >= 15 is 0 Å². The van der Waals surface area contributed by atoms with Crippen molar-refractivity contribution >= 4 is 15.7 Å². The Morgan fingerprint density at radius 2 is 1.64 bits per heavy atom. The van der Waals surface area contributed by atoms with Crippen LogP contribution >= 0.6 is 0 Å². The Hall–Kier alpha value is -0.620. The normalized spacial score (nSPS) is 26.9.